The minimum absolute atomic E-state index is 0.0426. The minimum atomic E-state index is -0.935. The van der Waals surface area contributed by atoms with Gasteiger partial charge in [-0.15, -0.1) is 0 Å². The van der Waals surface area contributed by atoms with Crippen molar-refractivity contribution in [3.63, 3.8) is 0 Å². The monoisotopic (exact) mass is 740 g/mol. The van der Waals surface area contributed by atoms with Gasteiger partial charge in [-0.05, 0) is 80.6 Å². The van der Waals surface area contributed by atoms with Gasteiger partial charge in [0.05, 0.1) is 22.2 Å². The van der Waals surface area contributed by atoms with Crippen LogP contribution in [0, 0.1) is 0 Å². The number of hydrogen-bond acceptors (Lipinski definition) is 11. The summed E-state index contributed by atoms with van der Waals surface area (Å²) in [7, 11) is 0. The maximum atomic E-state index is 12.1. The Bertz CT molecular complexity index is 2250. The summed E-state index contributed by atoms with van der Waals surface area (Å²) in [4.78, 5) is 35.6. The number of benzene rings is 4. The lowest BCUT2D eigenvalue weighted by Gasteiger charge is -2.34. The van der Waals surface area contributed by atoms with E-state index in [1.54, 1.807) is 24.3 Å². The largest absolute Gasteiger partial charge is 0.507 e. The number of aromatic hydroxyl groups is 2. The molecule has 55 heavy (non-hydrogen) atoms. The molecule has 0 radical (unpaired) electrons. The summed E-state index contributed by atoms with van der Waals surface area (Å²) in [5.41, 5.74) is 8.99. The second-order valence-electron chi connectivity index (χ2n) is 14.2. The number of rotatable bonds is 8. The minimum Gasteiger partial charge on any atom is -0.507 e. The van der Waals surface area contributed by atoms with Crippen LogP contribution in [0.25, 0.3) is 44.6 Å². The van der Waals surface area contributed by atoms with Gasteiger partial charge >= 0.3 is 0 Å². The Morgan fingerprint density at radius 2 is 1.13 bits per heavy atom. The fraction of sp³-hybridized carbons (Fsp3) is 0.326. The molecule has 2 aromatic heterocycles. The van der Waals surface area contributed by atoms with Gasteiger partial charge < -0.3 is 36.2 Å². The van der Waals surface area contributed by atoms with Crippen LogP contribution in [-0.2, 0) is 4.79 Å². The van der Waals surface area contributed by atoms with Crippen LogP contribution in [0.2, 0.25) is 0 Å². The number of nitrogens with one attached hydrogen (secondary N) is 1. The van der Waals surface area contributed by atoms with Gasteiger partial charge in [0.25, 0.3) is 0 Å². The van der Waals surface area contributed by atoms with Crippen molar-refractivity contribution in [1.82, 2.24) is 25.3 Å². The maximum Gasteiger partial charge on any atom is 0.249 e. The van der Waals surface area contributed by atoms with Gasteiger partial charge in [-0.3, -0.25) is 4.79 Å². The van der Waals surface area contributed by atoms with Gasteiger partial charge in [0.2, 0.25) is 5.91 Å². The van der Waals surface area contributed by atoms with Crippen molar-refractivity contribution in [2.45, 2.75) is 63.6 Å². The number of para-hydroxylation sites is 4. The molecule has 0 spiro atoms. The molecule has 6 aromatic rings. The van der Waals surface area contributed by atoms with Crippen LogP contribution in [0.15, 0.2) is 97.1 Å². The van der Waals surface area contributed by atoms with Gasteiger partial charge in [-0.1, -0.05) is 61.9 Å². The summed E-state index contributed by atoms with van der Waals surface area (Å²) in [5, 5.41) is 35.3. The highest BCUT2D eigenvalue weighted by molar-refractivity contribution is 5.92. The molecule has 1 amide bonds. The number of aliphatic hydroxyl groups is 1. The van der Waals surface area contributed by atoms with E-state index in [-0.39, 0.29) is 29.5 Å². The molecule has 2 saturated heterocycles. The highest BCUT2D eigenvalue weighted by atomic mass is 16.3. The van der Waals surface area contributed by atoms with Crippen molar-refractivity contribution >= 4 is 39.3 Å². The quantitative estimate of drug-likeness (QED) is 0.121. The van der Waals surface area contributed by atoms with Crippen LogP contribution in [0.3, 0.4) is 0 Å². The zero-order valence-electron chi connectivity index (χ0n) is 31.1. The van der Waals surface area contributed by atoms with Crippen molar-refractivity contribution in [1.29, 1.82) is 0 Å². The molecule has 6 N–H and O–H groups in total. The van der Waals surface area contributed by atoms with E-state index in [1.807, 2.05) is 79.7 Å². The Morgan fingerprint density at radius 3 is 1.60 bits per heavy atom. The highest BCUT2D eigenvalue weighted by Crippen LogP contribution is 2.34. The average Bonchev–Trinajstić information content (AvgIpc) is 3.21. The van der Waals surface area contributed by atoms with Gasteiger partial charge in [-0.2, -0.15) is 0 Å². The van der Waals surface area contributed by atoms with Crippen molar-refractivity contribution in [2.75, 3.05) is 36.0 Å². The molecule has 0 aliphatic carbocycles. The Kier molecular flexibility index (Phi) is 11.6. The van der Waals surface area contributed by atoms with Crippen molar-refractivity contribution in [3.8, 4) is 34.3 Å². The summed E-state index contributed by atoms with van der Waals surface area (Å²) in [6, 6.07) is 30.5. The van der Waals surface area contributed by atoms with E-state index in [2.05, 4.69) is 25.1 Å². The average molecular weight is 741 g/mol. The van der Waals surface area contributed by atoms with Crippen molar-refractivity contribution < 1.29 is 20.1 Å². The lowest BCUT2D eigenvalue weighted by molar-refractivity contribution is -0.130. The normalized spacial score (nSPS) is 15.8. The first-order valence-electron chi connectivity index (χ1n) is 19.1. The third-order valence-electron chi connectivity index (χ3n) is 10.3. The Labute approximate surface area is 320 Å². The van der Waals surface area contributed by atoms with Crippen molar-refractivity contribution in [3.05, 3.63) is 97.1 Å². The maximum absolute atomic E-state index is 12.1. The summed E-state index contributed by atoms with van der Waals surface area (Å²) in [6.45, 7) is 5.20. The van der Waals surface area contributed by atoms with E-state index in [9.17, 15) is 20.1 Å². The number of amides is 1. The van der Waals surface area contributed by atoms with Crippen LogP contribution >= 0.6 is 0 Å². The third-order valence-corrected chi connectivity index (χ3v) is 10.3. The number of nitrogens with zero attached hydrogens (tertiary/aromatic N) is 6. The van der Waals surface area contributed by atoms with Crippen LogP contribution < -0.4 is 20.9 Å². The van der Waals surface area contributed by atoms with Crippen LogP contribution in [0.5, 0.6) is 11.5 Å². The molecule has 8 rings (SSSR count). The molecule has 0 bridgehead atoms. The van der Waals surface area contributed by atoms with E-state index < -0.39 is 6.10 Å². The van der Waals surface area contributed by atoms with E-state index in [4.69, 9.17) is 15.7 Å². The number of fused-ring (bicyclic) bond motifs is 2. The summed E-state index contributed by atoms with van der Waals surface area (Å²) in [6.07, 6.45) is 3.79. The Morgan fingerprint density at radius 1 is 0.691 bits per heavy atom. The number of anilines is 2. The number of phenolic OH excluding ortho intramolecular Hbond substituents is 2. The first-order valence-corrected chi connectivity index (χ1v) is 19.1. The molecule has 0 saturated carbocycles. The number of aromatic nitrogens is 4. The third kappa shape index (κ3) is 8.61. The number of carbonyl (C=O) groups excluding carboxylic acids is 1. The van der Waals surface area contributed by atoms with Crippen molar-refractivity contribution in [2.24, 2.45) is 5.73 Å². The molecule has 4 aromatic carbocycles. The standard InChI is InChI=1S/C24H28N4O3.C19H20N4O/c1-2-7-21(30)24(31)25-16-12-14-28(15-13-16)23-17-8-3-5-10-19(17)26-22(27-23)18-9-4-6-11-20(18)29;20-13-9-11-23(12-10-13)19-14-5-1-3-7-16(14)21-18(22-19)15-6-2-4-8-17(15)24/h3-6,8-11,16,21,29-30H,2,7,12-15H2,1H3,(H,25,31);1-8,13,24H,9-12,20H2. The predicted molar refractivity (Wildman–Crippen MR) is 217 cm³/mol. The number of phenols is 2. The Hall–Kier alpha value is -5.85. The smallest absolute Gasteiger partial charge is 0.249 e. The zero-order valence-corrected chi connectivity index (χ0v) is 31.1. The van der Waals surface area contributed by atoms with Crippen LogP contribution in [-0.4, -0.2) is 85.5 Å². The number of piperidine rings is 2. The molecule has 2 aliphatic rings. The molecule has 284 valence electrons. The second kappa shape index (κ2) is 17.1. The molecule has 2 aliphatic heterocycles. The number of aliphatic hydroxyl groups excluding tert-OH is 1. The Balaban J connectivity index is 0.000000174. The van der Waals surface area contributed by atoms with E-state index in [0.29, 0.717) is 29.2 Å². The number of hydrogen-bond donors (Lipinski definition) is 5. The van der Waals surface area contributed by atoms with Crippen LogP contribution in [0.4, 0.5) is 11.6 Å². The highest BCUT2D eigenvalue weighted by Gasteiger charge is 2.26. The summed E-state index contributed by atoms with van der Waals surface area (Å²) in [5.74, 6) is 2.86. The zero-order chi connectivity index (χ0) is 38.3. The molecule has 2 fully saturated rings. The van der Waals surface area contributed by atoms with Gasteiger partial charge in [0, 0.05) is 49.0 Å². The van der Waals surface area contributed by atoms with Gasteiger partial charge in [0.1, 0.15) is 29.2 Å². The fourth-order valence-electron chi connectivity index (χ4n) is 7.22. The lowest BCUT2D eigenvalue weighted by atomic mass is 10.0. The molecular formula is C43H48N8O4. The molecule has 12 nitrogen and oxygen atoms in total. The van der Waals surface area contributed by atoms with E-state index in [0.717, 1.165) is 91.7 Å². The molecule has 4 heterocycles. The first-order chi connectivity index (χ1) is 26.8. The predicted octanol–water partition coefficient (Wildman–Crippen LogP) is 6.18. The summed E-state index contributed by atoms with van der Waals surface area (Å²) < 4.78 is 0. The van der Waals surface area contributed by atoms with Crippen LogP contribution in [0.1, 0.15) is 45.4 Å². The topological polar surface area (TPSA) is 174 Å². The van der Waals surface area contributed by atoms with Gasteiger partial charge in [0.15, 0.2) is 11.6 Å². The molecule has 12 heteroatoms. The molecule has 1 atom stereocenters. The molecule has 1 unspecified atom stereocenters. The molecular weight excluding hydrogens is 693 g/mol. The number of carbonyl (C=O) groups is 1. The van der Waals surface area contributed by atoms with E-state index >= 15 is 0 Å². The summed E-state index contributed by atoms with van der Waals surface area (Å²) >= 11 is 0. The first kappa shape index (κ1) is 37.5. The second-order valence-corrected chi connectivity index (χ2v) is 14.2. The lowest BCUT2D eigenvalue weighted by Crippen LogP contribution is -2.47. The SMILES string of the molecule is CCCC(O)C(=O)NC1CCN(c2nc(-c3ccccc3O)nc3ccccc23)CC1.NC1CCN(c2nc(-c3ccccc3O)nc3ccccc23)CC1. The van der Waals surface area contributed by atoms with E-state index in [1.165, 1.54) is 0 Å². The number of nitrogens with two attached hydrogens (primary N) is 1. The van der Waals surface area contributed by atoms with Gasteiger partial charge in [-0.25, -0.2) is 19.9 Å². The fourth-order valence-corrected chi connectivity index (χ4v) is 7.22.